The first-order valence-corrected chi connectivity index (χ1v) is 8.24. The molecule has 1 aromatic rings. The van der Waals surface area contributed by atoms with Crippen molar-refractivity contribution in [1.82, 2.24) is 9.78 Å². The van der Waals surface area contributed by atoms with Crippen molar-refractivity contribution in [3.63, 3.8) is 0 Å². The van der Waals surface area contributed by atoms with Crippen LogP contribution in [0.25, 0.3) is 0 Å². The molecule has 1 heterocycles. The van der Waals surface area contributed by atoms with E-state index >= 15 is 0 Å². The Kier molecular flexibility index (Phi) is 5.78. The highest BCUT2D eigenvalue weighted by Gasteiger charge is 2.42. The van der Waals surface area contributed by atoms with Gasteiger partial charge in [0.15, 0.2) is 12.0 Å². The molecule has 0 aliphatic heterocycles. The quantitative estimate of drug-likeness (QED) is 0.758. The number of aliphatic hydroxyl groups excluding tert-OH is 1. The summed E-state index contributed by atoms with van der Waals surface area (Å²) in [6.45, 7) is 4.08. The van der Waals surface area contributed by atoms with E-state index in [1.807, 2.05) is 6.92 Å². The molecule has 25 heavy (non-hydrogen) atoms. The lowest BCUT2D eigenvalue weighted by Gasteiger charge is -2.40. The highest BCUT2D eigenvalue weighted by atomic mass is 19.4. The zero-order valence-corrected chi connectivity index (χ0v) is 14.2. The van der Waals surface area contributed by atoms with Crippen LogP contribution in [-0.4, -0.2) is 38.9 Å². The van der Waals surface area contributed by atoms with Crippen molar-refractivity contribution in [3.8, 4) is 0 Å². The molecular formula is C16H23F3N2O4. The molecule has 142 valence electrons. The zero-order chi connectivity index (χ0) is 18.8. The third-order valence-electron chi connectivity index (χ3n) is 4.94. The fourth-order valence-corrected chi connectivity index (χ4v) is 3.35. The number of aliphatic hydroxyl groups is 1. The Balaban J connectivity index is 2.09. The summed E-state index contributed by atoms with van der Waals surface area (Å²) in [6, 6.07) is 0. The van der Waals surface area contributed by atoms with Gasteiger partial charge >= 0.3 is 12.1 Å². The number of carbonyl (C=O) groups is 1. The largest absolute Gasteiger partial charge is 0.478 e. The third-order valence-corrected chi connectivity index (χ3v) is 4.94. The van der Waals surface area contributed by atoms with Gasteiger partial charge in [0, 0.05) is 18.6 Å². The van der Waals surface area contributed by atoms with Crippen molar-refractivity contribution in [3.05, 3.63) is 17.5 Å². The maximum atomic E-state index is 13.2. The maximum absolute atomic E-state index is 13.2. The molecule has 2 rings (SSSR count). The van der Waals surface area contributed by atoms with E-state index in [2.05, 4.69) is 5.10 Å². The van der Waals surface area contributed by atoms with Gasteiger partial charge in [-0.25, -0.2) is 4.79 Å². The van der Waals surface area contributed by atoms with E-state index in [4.69, 9.17) is 9.84 Å². The summed E-state index contributed by atoms with van der Waals surface area (Å²) >= 11 is 0. The molecule has 1 unspecified atom stereocenters. The van der Waals surface area contributed by atoms with Crippen molar-refractivity contribution in [2.45, 2.75) is 58.5 Å². The average Bonchev–Trinajstić information content (AvgIpc) is 2.94. The Labute approximate surface area is 143 Å². The Morgan fingerprint density at radius 3 is 2.56 bits per heavy atom. The van der Waals surface area contributed by atoms with Crippen LogP contribution in [0.15, 0.2) is 6.20 Å². The van der Waals surface area contributed by atoms with Gasteiger partial charge in [0.2, 0.25) is 0 Å². The van der Waals surface area contributed by atoms with E-state index in [1.165, 1.54) is 0 Å². The molecule has 1 aromatic heterocycles. The standard InChI is InChI=1S/C16H23F3N2O4/c1-3-25-14(24)15(2)6-4-10(5-7-15)9-21-12(16(17,18)19)11(8-20-21)13(22)23/h8,10,14,24H,3-7,9H2,1-2H3,(H,22,23). The first-order chi connectivity index (χ1) is 11.6. The number of alkyl halides is 3. The van der Waals surface area contributed by atoms with Crippen molar-refractivity contribution >= 4 is 5.97 Å². The van der Waals surface area contributed by atoms with E-state index in [0.717, 1.165) is 10.9 Å². The van der Waals surface area contributed by atoms with E-state index < -0.39 is 35.1 Å². The lowest BCUT2D eigenvalue weighted by atomic mass is 9.71. The van der Waals surface area contributed by atoms with Crippen LogP contribution in [0.5, 0.6) is 0 Å². The first-order valence-electron chi connectivity index (χ1n) is 8.24. The van der Waals surface area contributed by atoms with E-state index in [9.17, 15) is 23.1 Å². The number of carboxylic acid groups (broad SMARTS) is 1. The number of hydrogen-bond acceptors (Lipinski definition) is 4. The van der Waals surface area contributed by atoms with Crippen LogP contribution in [0, 0.1) is 11.3 Å². The summed E-state index contributed by atoms with van der Waals surface area (Å²) in [6.07, 6.45) is -2.47. The smallest absolute Gasteiger partial charge is 0.433 e. The Morgan fingerprint density at radius 1 is 1.48 bits per heavy atom. The van der Waals surface area contributed by atoms with Crippen LogP contribution in [0.4, 0.5) is 13.2 Å². The predicted octanol–water partition coefficient (Wildman–Crippen LogP) is 3.15. The Hall–Kier alpha value is -1.61. The molecule has 0 bridgehead atoms. The van der Waals surface area contributed by atoms with Gasteiger partial charge in [-0.2, -0.15) is 18.3 Å². The monoisotopic (exact) mass is 364 g/mol. The first kappa shape index (κ1) is 19.7. The molecule has 1 fully saturated rings. The summed E-state index contributed by atoms with van der Waals surface area (Å²) in [4.78, 5) is 11.0. The molecule has 0 aromatic carbocycles. The Bertz CT molecular complexity index is 607. The molecule has 0 saturated heterocycles. The maximum Gasteiger partial charge on any atom is 0.433 e. The van der Waals surface area contributed by atoms with Gasteiger partial charge < -0.3 is 14.9 Å². The van der Waals surface area contributed by atoms with Crippen LogP contribution in [-0.2, 0) is 17.5 Å². The predicted molar refractivity (Wildman–Crippen MR) is 81.9 cm³/mol. The second-order valence-electron chi connectivity index (χ2n) is 6.80. The second kappa shape index (κ2) is 7.33. The molecule has 2 N–H and O–H groups in total. The summed E-state index contributed by atoms with van der Waals surface area (Å²) in [5.74, 6) is -1.71. The number of rotatable bonds is 6. The average molecular weight is 364 g/mol. The SMILES string of the molecule is CCOC(O)C1(C)CCC(Cn2ncc(C(=O)O)c2C(F)(F)F)CC1. The van der Waals surface area contributed by atoms with Crippen LogP contribution in [0.1, 0.15) is 55.6 Å². The van der Waals surface area contributed by atoms with Gasteiger partial charge in [-0.1, -0.05) is 6.92 Å². The molecule has 9 heteroatoms. The van der Waals surface area contributed by atoms with E-state index in [0.29, 0.717) is 32.3 Å². The zero-order valence-electron chi connectivity index (χ0n) is 14.2. The van der Waals surface area contributed by atoms with E-state index in [1.54, 1.807) is 6.92 Å². The number of nitrogens with zero attached hydrogens (tertiary/aromatic N) is 2. The Morgan fingerprint density at radius 2 is 2.08 bits per heavy atom. The summed E-state index contributed by atoms with van der Waals surface area (Å²) in [7, 11) is 0. The van der Waals surface area contributed by atoms with Gasteiger partial charge in [0.05, 0.1) is 6.20 Å². The van der Waals surface area contributed by atoms with Crippen molar-refractivity contribution in [1.29, 1.82) is 0 Å². The van der Waals surface area contributed by atoms with Gasteiger partial charge in [-0.3, -0.25) is 4.68 Å². The highest BCUT2D eigenvalue weighted by molar-refractivity contribution is 5.88. The molecule has 0 radical (unpaired) electrons. The number of carboxylic acids is 1. The van der Waals surface area contributed by atoms with Crippen LogP contribution >= 0.6 is 0 Å². The van der Waals surface area contributed by atoms with Crippen LogP contribution in [0.3, 0.4) is 0 Å². The third kappa shape index (κ3) is 4.33. The fourth-order valence-electron chi connectivity index (χ4n) is 3.35. The van der Waals surface area contributed by atoms with Gasteiger partial charge in [-0.05, 0) is 38.5 Å². The molecule has 1 saturated carbocycles. The highest BCUT2D eigenvalue weighted by Crippen LogP contribution is 2.42. The summed E-state index contributed by atoms with van der Waals surface area (Å²) in [5, 5.41) is 22.6. The minimum absolute atomic E-state index is 0.00291. The topological polar surface area (TPSA) is 84.6 Å². The number of ether oxygens (including phenoxy) is 1. The van der Waals surface area contributed by atoms with E-state index in [-0.39, 0.29) is 12.5 Å². The number of hydrogen-bond donors (Lipinski definition) is 2. The normalized spacial score (nSPS) is 25.8. The molecule has 0 spiro atoms. The van der Waals surface area contributed by atoms with Crippen LogP contribution in [0.2, 0.25) is 0 Å². The van der Waals surface area contributed by atoms with Gasteiger partial charge in [0.25, 0.3) is 0 Å². The lowest BCUT2D eigenvalue weighted by Crippen LogP contribution is -2.38. The summed E-state index contributed by atoms with van der Waals surface area (Å²) < 4.78 is 45.6. The van der Waals surface area contributed by atoms with Gasteiger partial charge in [-0.15, -0.1) is 0 Å². The van der Waals surface area contributed by atoms with Gasteiger partial charge in [0.1, 0.15) is 5.56 Å². The number of aromatic nitrogens is 2. The van der Waals surface area contributed by atoms with Crippen molar-refractivity contribution in [2.75, 3.05) is 6.61 Å². The molecule has 0 amide bonds. The second-order valence-corrected chi connectivity index (χ2v) is 6.80. The minimum Gasteiger partial charge on any atom is -0.478 e. The van der Waals surface area contributed by atoms with Crippen molar-refractivity contribution in [2.24, 2.45) is 11.3 Å². The minimum atomic E-state index is -4.78. The number of halogens is 3. The molecule has 6 nitrogen and oxygen atoms in total. The molecule has 1 atom stereocenters. The van der Waals surface area contributed by atoms with Crippen LogP contribution < -0.4 is 0 Å². The molecular weight excluding hydrogens is 341 g/mol. The van der Waals surface area contributed by atoms with Crippen molar-refractivity contribution < 1.29 is 32.9 Å². The lowest BCUT2D eigenvalue weighted by molar-refractivity contribution is -0.179. The molecule has 1 aliphatic carbocycles. The number of aromatic carboxylic acids is 1. The summed E-state index contributed by atoms with van der Waals surface area (Å²) in [5.41, 5.74) is -2.47. The molecule has 1 aliphatic rings. The fraction of sp³-hybridized carbons (Fsp3) is 0.750.